The average molecular weight is 330 g/mol. The van der Waals surface area contributed by atoms with Crippen molar-refractivity contribution in [3.8, 4) is 0 Å². The van der Waals surface area contributed by atoms with E-state index in [1.165, 1.54) is 0 Å². The van der Waals surface area contributed by atoms with Crippen LogP contribution in [0.15, 0.2) is 16.8 Å². The lowest BCUT2D eigenvalue weighted by atomic mass is 10.0. The summed E-state index contributed by atoms with van der Waals surface area (Å²) >= 11 is 1.55. The van der Waals surface area contributed by atoms with Crippen LogP contribution in [0.3, 0.4) is 0 Å². The van der Waals surface area contributed by atoms with Gasteiger partial charge in [0.2, 0.25) is 0 Å². The summed E-state index contributed by atoms with van der Waals surface area (Å²) in [5.74, 6) is 1.89. The minimum atomic E-state index is 0.0367. The van der Waals surface area contributed by atoms with Gasteiger partial charge in [-0.2, -0.15) is 11.3 Å². The van der Waals surface area contributed by atoms with E-state index in [1.54, 1.807) is 11.3 Å². The number of rotatable bonds is 3. The predicted octanol–water partition coefficient (Wildman–Crippen LogP) is 2.86. The summed E-state index contributed by atoms with van der Waals surface area (Å²) in [7, 11) is 0. The third-order valence-corrected chi connectivity index (χ3v) is 5.07. The highest BCUT2D eigenvalue weighted by Crippen LogP contribution is 2.23. The molecular formula is C17H22N4OS. The zero-order chi connectivity index (χ0) is 16.4. The second-order valence-corrected chi connectivity index (χ2v) is 6.83. The van der Waals surface area contributed by atoms with E-state index in [1.807, 2.05) is 30.7 Å². The molecule has 6 heteroatoms. The summed E-state index contributed by atoms with van der Waals surface area (Å²) in [6.07, 6.45) is 1.88. The third-order valence-electron chi connectivity index (χ3n) is 4.39. The Bertz CT molecular complexity index is 691. The second-order valence-electron chi connectivity index (χ2n) is 6.05. The van der Waals surface area contributed by atoms with Crippen LogP contribution < -0.4 is 10.2 Å². The first-order valence-corrected chi connectivity index (χ1v) is 8.88. The van der Waals surface area contributed by atoms with Gasteiger partial charge >= 0.3 is 0 Å². The number of piperidine rings is 1. The normalized spacial score (nSPS) is 15.7. The van der Waals surface area contributed by atoms with Crippen molar-refractivity contribution in [1.29, 1.82) is 0 Å². The standard InChI is InChI=1S/C17H22N4OS/c1-11-12(2)18-13(3)19-16(11)21-7-4-15(5-8-21)20-17(22)14-6-9-23-10-14/h6,9-10,15H,4-5,7-8H2,1-3H3,(H,20,22). The van der Waals surface area contributed by atoms with E-state index in [0.29, 0.717) is 0 Å². The topological polar surface area (TPSA) is 58.1 Å². The molecule has 1 aliphatic rings. The maximum atomic E-state index is 12.1. The molecule has 0 unspecified atom stereocenters. The Labute approximate surface area is 140 Å². The minimum absolute atomic E-state index is 0.0367. The summed E-state index contributed by atoms with van der Waals surface area (Å²) in [5.41, 5.74) is 2.95. The molecule has 3 rings (SSSR count). The summed E-state index contributed by atoms with van der Waals surface area (Å²) < 4.78 is 0. The monoisotopic (exact) mass is 330 g/mol. The molecule has 0 radical (unpaired) electrons. The lowest BCUT2D eigenvalue weighted by molar-refractivity contribution is 0.0931. The summed E-state index contributed by atoms with van der Waals surface area (Å²) in [4.78, 5) is 23.5. The zero-order valence-corrected chi connectivity index (χ0v) is 14.6. The number of nitrogens with zero attached hydrogens (tertiary/aromatic N) is 3. The molecule has 122 valence electrons. The van der Waals surface area contributed by atoms with Crippen molar-refractivity contribution < 1.29 is 4.79 Å². The molecule has 0 atom stereocenters. The lowest BCUT2D eigenvalue weighted by Crippen LogP contribution is -2.45. The first kappa shape index (κ1) is 15.9. The number of nitrogens with one attached hydrogen (secondary N) is 1. The van der Waals surface area contributed by atoms with E-state index in [-0.39, 0.29) is 11.9 Å². The van der Waals surface area contributed by atoms with E-state index in [9.17, 15) is 4.79 Å². The number of carbonyl (C=O) groups excluding carboxylic acids is 1. The molecule has 1 fully saturated rings. The van der Waals surface area contributed by atoms with Crippen molar-refractivity contribution in [1.82, 2.24) is 15.3 Å². The highest BCUT2D eigenvalue weighted by Gasteiger charge is 2.23. The van der Waals surface area contributed by atoms with Crippen LogP contribution in [0, 0.1) is 20.8 Å². The van der Waals surface area contributed by atoms with Gasteiger partial charge in [-0.3, -0.25) is 4.79 Å². The van der Waals surface area contributed by atoms with Gasteiger partial charge in [0.05, 0.1) is 0 Å². The summed E-state index contributed by atoms with van der Waals surface area (Å²) in [6.45, 7) is 7.86. The van der Waals surface area contributed by atoms with Crippen LogP contribution in [0.1, 0.15) is 40.3 Å². The molecule has 1 amide bonds. The fraction of sp³-hybridized carbons (Fsp3) is 0.471. The number of hydrogen-bond acceptors (Lipinski definition) is 5. The molecule has 0 spiro atoms. The molecule has 23 heavy (non-hydrogen) atoms. The van der Waals surface area contributed by atoms with Crippen LogP contribution in [0.4, 0.5) is 5.82 Å². The Morgan fingerprint density at radius 2 is 2.00 bits per heavy atom. The van der Waals surface area contributed by atoms with E-state index in [4.69, 9.17) is 0 Å². The van der Waals surface area contributed by atoms with Crippen molar-refractivity contribution in [2.75, 3.05) is 18.0 Å². The van der Waals surface area contributed by atoms with Gasteiger partial charge in [0.25, 0.3) is 5.91 Å². The Hall–Kier alpha value is -1.95. The van der Waals surface area contributed by atoms with Crippen molar-refractivity contribution in [3.05, 3.63) is 39.5 Å². The van der Waals surface area contributed by atoms with Gasteiger partial charge in [0.1, 0.15) is 11.6 Å². The quantitative estimate of drug-likeness (QED) is 0.940. The van der Waals surface area contributed by atoms with Gasteiger partial charge in [-0.15, -0.1) is 0 Å². The first-order chi connectivity index (χ1) is 11.0. The van der Waals surface area contributed by atoms with Gasteiger partial charge in [-0.1, -0.05) is 0 Å². The largest absolute Gasteiger partial charge is 0.356 e. The third kappa shape index (κ3) is 3.52. The molecule has 2 aromatic heterocycles. The van der Waals surface area contributed by atoms with Gasteiger partial charge in [0.15, 0.2) is 0 Å². The van der Waals surface area contributed by atoms with Crippen molar-refractivity contribution >= 4 is 23.1 Å². The summed E-state index contributed by atoms with van der Waals surface area (Å²) in [6, 6.07) is 2.10. The van der Waals surface area contributed by atoms with Crippen molar-refractivity contribution in [2.45, 2.75) is 39.7 Å². The fourth-order valence-corrected chi connectivity index (χ4v) is 3.59. The zero-order valence-electron chi connectivity index (χ0n) is 13.8. The number of anilines is 1. The van der Waals surface area contributed by atoms with Crippen LogP contribution in [0.2, 0.25) is 0 Å². The number of amides is 1. The van der Waals surface area contributed by atoms with Gasteiger partial charge in [-0.05, 0) is 45.1 Å². The maximum Gasteiger partial charge on any atom is 0.252 e. The molecule has 1 saturated heterocycles. The molecule has 3 heterocycles. The van der Waals surface area contributed by atoms with Crippen LogP contribution in [-0.4, -0.2) is 35.0 Å². The Morgan fingerprint density at radius 1 is 1.26 bits per heavy atom. The second kappa shape index (κ2) is 6.66. The van der Waals surface area contributed by atoms with E-state index >= 15 is 0 Å². The van der Waals surface area contributed by atoms with Crippen LogP contribution in [0.5, 0.6) is 0 Å². The molecule has 0 bridgehead atoms. The molecule has 2 aromatic rings. The number of aryl methyl sites for hydroxylation is 2. The van der Waals surface area contributed by atoms with Crippen LogP contribution >= 0.6 is 11.3 Å². The van der Waals surface area contributed by atoms with Crippen LogP contribution in [-0.2, 0) is 0 Å². The first-order valence-electron chi connectivity index (χ1n) is 7.94. The van der Waals surface area contributed by atoms with Gasteiger partial charge < -0.3 is 10.2 Å². The molecular weight excluding hydrogens is 308 g/mol. The fourth-order valence-electron chi connectivity index (χ4n) is 2.96. The SMILES string of the molecule is Cc1nc(C)c(C)c(N2CCC(NC(=O)c3ccsc3)CC2)n1. The highest BCUT2D eigenvalue weighted by atomic mass is 32.1. The Balaban J connectivity index is 1.62. The van der Waals surface area contributed by atoms with E-state index in [2.05, 4.69) is 27.1 Å². The van der Waals surface area contributed by atoms with Gasteiger partial charge in [0, 0.05) is 41.3 Å². The predicted molar refractivity (Wildman–Crippen MR) is 93.3 cm³/mol. The molecule has 1 N–H and O–H groups in total. The number of hydrogen-bond donors (Lipinski definition) is 1. The Kier molecular flexibility index (Phi) is 4.61. The lowest BCUT2D eigenvalue weighted by Gasteiger charge is -2.34. The molecule has 0 aliphatic carbocycles. The van der Waals surface area contributed by atoms with E-state index < -0.39 is 0 Å². The minimum Gasteiger partial charge on any atom is -0.356 e. The van der Waals surface area contributed by atoms with Gasteiger partial charge in [-0.25, -0.2) is 9.97 Å². The van der Waals surface area contributed by atoms with E-state index in [0.717, 1.165) is 54.4 Å². The summed E-state index contributed by atoms with van der Waals surface area (Å²) in [5, 5.41) is 6.96. The van der Waals surface area contributed by atoms with Crippen molar-refractivity contribution in [2.24, 2.45) is 0 Å². The molecule has 1 aliphatic heterocycles. The molecule has 0 aromatic carbocycles. The number of thiophene rings is 1. The van der Waals surface area contributed by atoms with Crippen LogP contribution in [0.25, 0.3) is 0 Å². The number of aromatic nitrogens is 2. The average Bonchev–Trinajstić information content (AvgIpc) is 3.06. The molecule has 5 nitrogen and oxygen atoms in total. The number of carbonyl (C=O) groups is 1. The van der Waals surface area contributed by atoms with Crippen molar-refractivity contribution in [3.63, 3.8) is 0 Å². The maximum absolute atomic E-state index is 12.1. The molecule has 0 saturated carbocycles. The smallest absolute Gasteiger partial charge is 0.252 e. The highest BCUT2D eigenvalue weighted by molar-refractivity contribution is 7.08. The Morgan fingerprint density at radius 3 is 2.65 bits per heavy atom.